The van der Waals surface area contributed by atoms with Crippen LogP contribution in [-0.2, 0) is 24.0 Å². The van der Waals surface area contributed by atoms with Gasteiger partial charge in [0.05, 0.1) is 17.9 Å². The van der Waals surface area contributed by atoms with Crippen molar-refractivity contribution < 1.29 is 14.3 Å². The molecular weight excluding hydrogens is 478 g/mol. The first-order valence-electron chi connectivity index (χ1n) is 12.4. The van der Waals surface area contributed by atoms with Crippen molar-refractivity contribution in [1.29, 1.82) is 0 Å². The smallest absolute Gasteiger partial charge is 0.341 e. The molecule has 1 aliphatic carbocycles. The van der Waals surface area contributed by atoms with Crippen LogP contribution in [-0.4, -0.2) is 23.5 Å². The van der Waals surface area contributed by atoms with Crippen molar-refractivity contribution in [1.82, 2.24) is 4.98 Å². The Bertz CT molecular complexity index is 1250. The van der Waals surface area contributed by atoms with E-state index in [0.29, 0.717) is 27.0 Å². The number of carbonyl (C=O) groups is 2. The van der Waals surface area contributed by atoms with Gasteiger partial charge < -0.3 is 15.8 Å². The summed E-state index contributed by atoms with van der Waals surface area (Å²) in [5, 5.41) is 4.36. The maximum atomic E-state index is 13.4. The zero-order chi connectivity index (χ0) is 25.3. The Balaban J connectivity index is 1.66. The number of anilines is 2. The molecule has 0 bridgehead atoms. The molecule has 3 aromatic heterocycles. The van der Waals surface area contributed by atoms with Crippen LogP contribution >= 0.6 is 22.7 Å². The number of nitrogens with two attached hydrogens (primary N) is 1. The van der Waals surface area contributed by atoms with E-state index in [1.807, 2.05) is 12.1 Å². The van der Waals surface area contributed by atoms with E-state index in [0.717, 1.165) is 60.0 Å². The number of nitrogen functional groups attached to an aromatic ring is 1. The minimum Gasteiger partial charge on any atom is -0.462 e. The fourth-order valence-electron chi connectivity index (χ4n) is 4.69. The van der Waals surface area contributed by atoms with Crippen molar-refractivity contribution in [2.75, 3.05) is 17.7 Å². The molecule has 3 heterocycles. The van der Waals surface area contributed by atoms with Gasteiger partial charge in [0.2, 0.25) is 0 Å². The molecule has 1 atom stereocenters. The Morgan fingerprint density at radius 3 is 2.69 bits per heavy atom. The topological polar surface area (TPSA) is 94.3 Å². The highest BCUT2D eigenvalue weighted by Crippen LogP contribution is 2.45. The fraction of sp³-hybridized carbons (Fsp3) is 0.519. The number of amides is 1. The summed E-state index contributed by atoms with van der Waals surface area (Å²) in [5.41, 5.74) is 9.53. The first-order chi connectivity index (χ1) is 16.6. The third kappa shape index (κ3) is 5.23. The molecule has 6 nitrogen and oxygen atoms in total. The van der Waals surface area contributed by atoms with Gasteiger partial charge in [-0.25, -0.2) is 9.78 Å². The molecule has 4 rings (SSSR count). The number of ether oxygens (including phenoxy) is 1. The molecule has 3 N–H and O–H groups in total. The van der Waals surface area contributed by atoms with Gasteiger partial charge in [0.25, 0.3) is 5.91 Å². The summed E-state index contributed by atoms with van der Waals surface area (Å²) in [6, 6.07) is 3.94. The van der Waals surface area contributed by atoms with E-state index >= 15 is 0 Å². The van der Waals surface area contributed by atoms with Crippen LogP contribution in [0.25, 0.3) is 10.2 Å². The van der Waals surface area contributed by atoms with Crippen molar-refractivity contribution in [2.24, 2.45) is 11.3 Å². The van der Waals surface area contributed by atoms with Gasteiger partial charge in [0.15, 0.2) is 0 Å². The van der Waals surface area contributed by atoms with Crippen LogP contribution < -0.4 is 11.1 Å². The minimum atomic E-state index is -0.374. The van der Waals surface area contributed by atoms with Gasteiger partial charge in [-0.15, -0.1) is 22.7 Å². The summed E-state index contributed by atoms with van der Waals surface area (Å²) in [6.07, 6.45) is 5.81. The molecule has 0 saturated heterocycles. The van der Waals surface area contributed by atoms with Gasteiger partial charge in [-0.05, 0) is 68.1 Å². The van der Waals surface area contributed by atoms with Crippen LogP contribution in [0.15, 0.2) is 12.1 Å². The molecule has 0 radical (unpaired) electrons. The van der Waals surface area contributed by atoms with Gasteiger partial charge in [0, 0.05) is 16.0 Å². The molecule has 0 spiro atoms. The van der Waals surface area contributed by atoms with Crippen molar-refractivity contribution in [3.05, 3.63) is 38.7 Å². The number of nitrogens with one attached hydrogen (secondary N) is 1. The van der Waals surface area contributed by atoms with E-state index in [2.05, 4.69) is 33.0 Å². The van der Waals surface area contributed by atoms with Crippen LogP contribution in [0.2, 0.25) is 0 Å². The van der Waals surface area contributed by atoms with Crippen molar-refractivity contribution >= 4 is 55.5 Å². The number of nitrogens with zero attached hydrogens (tertiary/aromatic N) is 1. The zero-order valence-electron chi connectivity index (χ0n) is 21.2. The van der Waals surface area contributed by atoms with Crippen LogP contribution in [0.4, 0.5) is 10.7 Å². The lowest BCUT2D eigenvalue weighted by atomic mass is 9.72. The average Bonchev–Trinajstić information content (AvgIpc) is 3.33. The summed E-state index contributed by atoms with van der Waals surface area (Å²) in [7, 11) is 0. The number of hydrogen-bond acceptors (Lipinski definition) is 7. The van der Waals surface area contributed by atoms with Crippen molar-refractivity contribution in [3.8, 4) is 0 Å². The predicted molar refractivity (Wildman–Crippen MR) is 146 cm³/mol. The number of aromatic nitrogens is 1. The molecule has 1 aliphatic rings. The Hall–Kier alpha value is -2.45. The highest BCUT2D eigenvalue weighted by Gasteiger charge is 2.34. The van der Waals surface area contributed by atoms with Crippen LogP contribution in [0, 0.1) is 11.3 Å². The zero-order valence-corrected chi connectivity index (χ0v) is 22.9. The Morgan fingerprint density at radius 1 is 1.23 bits per heavy atom. The van der Waals surface area contributed by atoms with Gasteiger partial charge in [-0.2, -0.15) is 0 Å². The Kier molecular flexibility index (Phi) is 7.52. The molecule has 1 amide bonds. The second-order valence-electron chi connectivity index (χ2n) is 10.3. The van der Waals surface area contributed by atoms with Crippen LogP contribution in [0.1, 0.15) is 90.0 Å². The number of hydrogen-bond donors (Lipinski definition) is 2. The minimum absolute atomic E-state index is 0.184. The van der Waals surface area contributed by atoms with E-state index < -0.39 is 0 Å². The maximum absolute atomic E-state index is 13.4. The molecule has 1 unspecified atom stereocenters. The van der Waals surface area contributed by atoms with E-state index in [1.165, 1.54) is 27.6 Å². The lowest BCUT2D eigenvalue weighted by Gasteiger charge is -2.33. The second kappa shape index (κ2) is 10.3. The Morgan fingerprint density at radius 2 is 2.00 bits per heavy atom. The average molecular weight is 514 g/mol. The Labute approximate surface area is 215 Å². The summed E-state index contributed by atoms with van der Waals surface area (Å²) in [4.78, 5) is 33.4. The van der Waals surface area contributed by atoms with Crippen molar-refractivity contribution in [2.45, 2.75) is 73.1 Å². The molecule has 0 aromatic carbocycles. The number of aryl methyl sites for hydroxylation is 1. The maximum Gasteiger partial charge on any atom is 0.341 e. The van der Waals surface area contributed by atoms with Crippen molar-refractivity contribution in [3.63, 3.8) is 0 Å². The summed E-state index contributed by atoms with van der Waals surface area (Å²) < 4.78 is 5.38. The molecule has 0 fully saturated rings. The summed E-state index contributed by atoms with van der Waals surface area (Å²) in [6.45, 7) is 11.0. The molecule has 188 valence electrons. The number of esters is 1. The number of pyridine rings is 1. The quantitative estimate of drug-likeness (QED) is 0.336. The SMILES string of the molecule is CCCCc1ccc2c(N)c(C(=O)Nc3sc4c(c3C(=O)OCC)CCC(C(C)(C)C)C4)sc2n1. The number of fused-ring (bicyclic) bond motifs is 2. The number of thiophene rings is 2. The first kappa shape index (κ1) is 25.6. The monoisotopic (exact) mass is 513 g/mol. The third-order valence-electron chi connectivity index (χ3n) is 6.84. The van der Waals surface area contributed by atoms with E-state index in [1.54, 1.807) is 6.92 Å². The number of carbonyl (C=O) groups excluding carboxylic acids is 2. The molecular formula is C27H35N3O3S2. The standard InChI is InChI=1S/C27H35N3O3S2/c1-6-8-9-16-11-13-18-21(28)22(35-24(18)29-16)23(31)30-25-20(26(32)33-7-2)17-12-10-15(27(3,4)5)14-19(17)34-25/h11,13,15H,6-10,12,14,28H2,1-5H3,(H,30,31). The molecule has 8 heteroatoms. The van der Waals surface area contributed by atoms with Gasteiger partial charge in [-0.1, -0.05) is 34.1 Å². The number of rotatable bonds is 7. The lowest BCUT2D eigenvalue weighted by Crippen LogP contribution is -2.26. The summed E-state index contributed by atoms with van der Waals surface area (Å²) in [5.74, 6) is -0.156. The van der Waals surface area contributed by atoms with Gasteiger partial charge in [-0.3, -0.25) is 4.79 Å². The molecule has 0 saturated carbocycles. The molecule has 0 aliphatic heterocycles. The highest BCUT2D eigenvalue weighted by molar-refractivity contribution is 7.21. The van der Waals surface area contributed by atoms with E-state index in [9.17, 15) is 9.59 Å². The normalized spacial score (nSPS) is 15.7. The fourth-order valence-corrected chi connectivity index (χ4v) is 7.01. The largest absolute Gasteiger partial charge is 0.462 e. The van der Waals surface area contributed by atoms with E-state index in [-0.39, 0.29) is 23.9 Å². The van der Waals surface area contributed by atoms with Gasteiger partial charge >= 0.3 is 5.97 Å². The second-order valence-corrected chi connectivity index (χ2v) is 12.4. The first-order valence-corrected chi connectivity index (χ1v) is 14.1. The highest BCUT2D eigenvalue weighted by atomic mass is 32.1. The van der Waals surface area contributed by atoms with Crippen LogP contribution in [0.5, 0.6) is 0 Å². The summed E-state index contributed by atoms with van der Waals surface area (Å²) >= 11 is 2.80. The molecule has 35 heavy (non-hydrogen) atoms. The van der Waals surface area contributed by atoms with Gasteiger partial charge in [0.1, 0.15) is 14.7 Å². The van der Waals surface area contributed by atoms with E-state index in [4.69, 9.17) is 15.5 Å². The molecule has 3 aromatic rings. The lowest BCUT2D eigenvalue weighted by molar-refractivity contribution is 0.0526. The third-order valence-corrected chi connectivity index (χ3v) is 9.12. The number of unbranched alkanes of at least 4 members (excludes halogenated alkanes) is 1. The predicted octanol–water partition coefficient (Wildman–Crippen LogP) is 6.86. The van der Waals surface area contributed by atoms with Crippen LogP contribution in [0.3, 0.4) is 0 Å².